The summed E-state index contributed by atoms with van der Waals surface area (Å²) in [6, 6.07) is 4.50. The fourth-order valence-electron chi connectivity index (χ4n) is 3.80. The van der Waals surface area contributed by atoms with Crippen LogP contribution in [0.3, 0.4) is 0 Å². The summed E-state index contributed by atoms with van der Waals surface area (Å²) >= 11 is 12.9. The molecule has 11 heteroatoms. The predicted octanol–water partition coefficient (Wildman–Crippen LogP) is 3.23. The van der Waals surface area contributed by atoms with Gasteiger partial charge in [-0.05, 0) is 18.2 Å². The molecule has 1 aliphatic heterocycles. The van der Waals surface area contributed by atoms with Crippen LogP contribution in [0.4, 0.5) is 5.82 Å². The Bertz CT molecular complexity index is 1300. The predicted molar refractivity (Wildman–Crippen MR) is 131 cm³/mol. The first-order valence-corrected chi connectivity index (χ1v) is 11.1. The Balaban J connectivity index is 1.69. The topological polar surface area (TPSA) is 115 Å². The zero-order chi connectivity index (χ0) is 24.4. The minimum atomic E-state index is -0.590. The van der Waals surface area contributed by atoms with Crippen LogP contribution < -0.4 is 31.0 Å². The number of nitrogens with one attached hydrogen (secondary N) is 3. The first-order valence-electron chi connectivity index (χ1n) is 10.3. The van der Waals surface area contributed by atoms with E-state index in [9.17, 15) is 9.59 Å². The zero-order valence-electron chi connectivity index (χ0n) is 18.4. The first kappa shape index (κ1) is 23.9. The molecule has 178 valence electrons. The van der Waals surface area contributed by atoms with Gasteiger partial charge in [-0.2, -0.15) is 0 Å². The maximum absolute atomic E-state index is 12.9. The number of anilines is 1. The van der Waals surface area contributed by atoms with Crippen LogP contribution in [0.1, 0.15) is 0 Å². The van der Waals surface area contributed by atoms with Crippen molar-refractivity contribution in [2.75, 3.05) is 32.6 Å². The first-order chi connectivity index (χ1) is 16.4. The zero-order valence-corrected chi connectivity index (χ0v) is 19.9. The van der Waals surface area contributed by atoms with Crippen LogP contribution in [0.15, 0.2) is 46.3 Å². The normalized spacial score (nSPS) is 17.4. The van der Waals surface area contributed by atoms with Crippen LogP contribution in [-0.4, -0.2) is 50.3 Å². The average molecular weight is 505 g/mol. The van der Waals surface area contributed by atoms with Crippen molar-refractivity contribution in [2.45, 2.75) is 12.1 Å². The van der Waals surface area contributed by atoms with E-state index < -0.39 is 5.63 Å². The lowest BCUT2D eigenvalue weighted by molar-refractivity contribution is -0.117. The highest BCUT2D eigenvalue weighted by atomic mass is 35.5. The summed E-state index contributed by atoms with van der Waals surface area (Å²) < 4.78 is 16.2. The fraction of sp³-hybridized carbons (Fsp3) is 0.261. The second-order valence-electron chi connectivity index (χ2n) is 7.57. The number of hydrogen-bond acceptors (Lipinski definition) is 8. The number of nitrogens with zero attached hydrogens (tertiary/aromatic N) is 1. The molecule has 4 rings (SSSR count). The van der Waals surface area contributed by atoms with E-state index in [2.05, 4.69) is 27.5 Å². The van der Waals surface area contributed by atoms with E-state index in [0.717, 1.165) is 0 Å². The number of halogens is 2. The Labute approximate surface area is 205 Å². The molecule has 2 aromatic heterocycles. The van der Waals surface area contributed by atoms with E-state index in [1.165, 1.54) is 20.3 Å². The van der Waals surface area contributed by atoms with Gasteiger partial charge in [-0.3, -0.25) is 4.79 Å². The monoisotopic (exact) mass is 504 g/mol. The molecule has 3 heterocycles. The number of benzene rings is 1. The number of amides is 1. The van der Waals surface area contributed by atoms with Gasteiger partial charge in [0.1, 0.15) is 23.1 Å². The molecular weight excluding hydrogens is 483 g/mol. The lowest BCUT2D eigenvalue weighted by Gasteiger charge is -2.21. The Morgan fingerprint density at radius 1 is 1.18 bits per heavy atom. The minimum absolute atomic E-state index is 0.123. The average Bonchev–Trinajstić information content (AvgIpc) is 3.26. The number of rotatable bonds is 7. The molecule has 1 aromatic carbocycles. The second-order valence-corrected chi connectivity index (χ2v) is 8.32. The number of hydrogen-bond donors (Lipinski definition) is 3. The number of pyridine rings is 1. The largest absolute Gasteiger partial charge is 0.495 e. The number of fused-ring (bicyclic) bond motifs is 1. The van der Waals surface area contributed by atoms with Crippen molar-refractivity contribution >= 4 is 45.7 Å². The molecule has 1 amide bonds. The van der Waals surface area contributed by atoms with E-state index in [1.807, 2.05) is 0 Å². The molecule has 1 aliphatic rings. The lowest BCUT2D eigenvalue weighted by atomic mass is 10.1. The Morgan fingerprint density at radius 3 is 2.50 bits per heavy atom. The summed E-state index contributed by atoms with van der Waals surface area (Å²) in [6.45, 7) is 4.69. The molecule has 1 saturated heterocycles. The van der Waals surface area contributed by atoms with Gasteiger partial charge in [-0.1, -0.05) is 29.8 Å². The lowest BCUT2D eigenvalue weighted by Crippen LogP contribution is -2.45. The van der Waals surface area contributed by atoms with Gasteiger partial charge in [0.25, 0.3) is 0 Å². The number of carbonyl (C=O) groups excluding carboxylic acids is 1. The number of aromatic nitrogens is 1. The third kappa shape index (κ3) is 4.54. The number of ether oxygens (including phenoxy) is 2. The summed E-state index contributed by atoms with van der Waals surface area (Å²) in [5.74, 6) is 1.01. The molecule has 0 aliphatic carbocycles. The van der Waals surface area contributed by atoms with Crippen molar-refractivity contribution in [1.29, 1.82) is 0 Å². The molecule has 34 heavy (non-hydrogen) atoms. The van der Waals surface area contributed by atoms with E-state index in [-0.39, 0.29) is 39.4 Å². The van der Waals surface area contributed by atoms with Crippen LogP contribution in [0.2, 0.25) is 10.0 Å². The highest BCUT2D eigenvalue weighted by Crippen LogP contribution is 2.46. The SMILES string of the molecule is C=CC(=O)N[C@H]1CNC[C@H]1Nc1cc2c(=O)oc(-c3c(Cl)c(OC)cc(OC)c3Cl)cc2cn1. The molecule has 0 spiro atoms. The van der Waals surface area contributed by atoms with Gasteiger partial charge < -0.3 is 29.8 Å². The third-order valence-electron chi connectivity index (χ3n) is 5.52. The molecule has 0 unspecified atom stereocenters. The summed E-state index contributed by atoms with van der Waals surface area (Å²) in [7, 11) is 2.92. The maximum atomic E-state index is 12.9. The minimum Gasteiger partial charge on any atom is -0.495 e. The van der Waals surface area contributed by atoms with Crippen LogP contribution in [-0.2, 0) is 4.79 Å². The molecule has 0 saturated carbocycles. The highest BCUT2D eigenvalue weighted by Gasteiger charge is 2.28. The molecule has 0 radical (unpaired) electrons. The highest BCUT2D eigenvalue weighted by molar-refractivity contribution is 6.41. The van der Waals surface area contributed by atoms with Gasteiger partial charge in [0.2, 0.25) is 5.91 Å². The molecule has 9 nitrogen and oxygen atoms in total. The van der Waals surface area contributed by atoms with E-state index in [0.29, 0.717) is 41.2 Å². The van der Waals surface area contributed by atoms with Gasteiger partial charge in [-0.25, -0.2) is 9.78 Å². The van der Waals surface area contributed by atoms with Crippen molar-refractivity contribution in [1.82, 2.24) is 15.6 Å². The number of methoxy groups -OCH3 is 2. The third-order valence-corrected chi connectivity index (χ3v) is 6.28. The van der Waals surface area contributed by atoms with Gasteiger partial charge in [-0.15, -0.1) is 0 Å². The van der Waals surface area contributed by atoms with Crippen molar-refractivity contribution in [2.24, 2.45) is 0 Å². The Morgan fingerprint density at radius 2 is 1.85 bits per heavy atom. The van der Waals surface area contributed by atoms with Crippen LogP contribution in [0, 0.1) is 0 Å². The van der Waals surface area contributed by atoms with Crippen molar-refractivity contribution in [3.8, 4) is 22.8 Å². The molecular formula is C23H22Cl2N4O5. The standard InChI is InChI=1S/C23H22Cl2N4O5/c1-4-19(30)29-14-10-26-9-13(14)28-18-6-12-11(8-27-18)5-15(34-23(12)31)20-21(24)16(32-2)7-17(33-3)22(20)25/h4-8,13-14,26H,1,9-10H2,2-3H3,(H,27,28)(H,29,30)/t13-,14+/m1/s1. The summed E-state index contributed by atoms with van der Waals surface area (Å²) in [6.07, 6.45) is 2.78. The smallest absolute Gasteiger partial charge is 0.344 e. The van der Waals surface area contributed by atoms with Crippen molar-refractivity contribution in [3.05, 3.63) is 57.5 Å². The summed E-state index contributed by atoms with van der Waals surface area (Å²) in [5.41, 5.74) is -0.313. The quantitative estimate of drug-likeness (QED) is 0.420. The summed E-state index contributed by atoms with van der Waals surface area (Å²) in [4.78, 5) is 29.0. The Hall–Kier alpha value is -3.27. The van der Waals surface area contributed by atoms with Crippen LogP contribution >= 0.6 is 23.2 Å². The second kappa shape index (κ2) is 9.92. The molecule has 0 bridgehead atoms. The van der Waals surface area contributed by atoms with Crippen LogP contribution in [0.5, 0.6) is 11.5 Å². The van der Waals surface area contributed by atoms with E-state index >= 15 is 0 Å². The Kier molecular flexibility index (Phi) is 6.97. The van der Waals surface area contributed by atoms with E-state index in [1.54, 1.807) is 24.4 Å². The van der Waals surface area contributed by atoms with Gasteiger partial charge in [0.05, 0.1) is 47.3 Å². The fourth-order valence-corrected chi connectivity index (χ4v) is 4.49. The molecule has 3 aromatic rings. The van der Waals surface area contributed by atoms with Gasteiger partial charge in [0.15, 0.2) is 0 Å². The molecule has 1 fully saturated rings. The van der Waals surface area contributed by atoms with E-state index in [4.69, 9.17) is 37.1 Å². The number of carbonyl (C=O) groups is 1. The molecule has 3 N–H and O–H groups in total. The summed E-state index contributed by atoms with van der Waals surface area (Å²) in [5, 5.41) is 10.6. The van der Waals surface area contributed by atoms with Crippen molar-refractivity contribution < 1.29 is 18.7 Å². The van der Waals surface area contributed by atoms with Gasteiger partial charge >= 0.3 is 5.63 Å². The maximum Gasteiger partial charge on any atom is 0.344 e. The van der Waals surface area contributed by atoms with Crippen molar-refractivity contribution in [3.63, 3.8) is 0 Å². The molecule has 2 atom stereocenters. The van der Waals surface area contributed by atoms with Crippen LogP contribution in [0.25, 0.3) is 22.1 Å². The van der Waals surface area contributed by atoms with Gasteiger partial charge in [0, 0.05) is 30.7 Å².